The van der Waals surface area contributed by atoms with Crippen molar-refractivity contribution in [1.82, 2.24) is 15.0 Å². The molecule has 3 rings (SSSR count). The molecule has 21 heavy (non-hydrogen) atoms. The van der Waals surface area contributed by atoms with E-state index in [1.165, 1.54) is 6.07 Å². The van der Waals surface area contributed by atoms with E-state index in [0.717, 1.165) is 43.2 Å². The molecular weight excluding hydrogens is 281 g/mol. The number of nitrogens with zero attached hydrogens (tertiary/aromatic N) is 3. The Labute approximate surface area is 120 Å². The van der Waals surface area contributed by atoms with E-state index in [4.69, 9.17) is 0 Å². The molecule has 0 amide bonds. The SMILES string of the molecule is Cc1cnc([C@@H]2CCCN2c2ccc(C(F)(F)F)cn2)[nH]1. The minimum atomic E-state index is -4.35. The average molecular weight is 296 g/mol. The number of hydrogen-bond acceptors (Lipinski definition) is 3. The first kappa shape index (κ1) is 13.9. The second-order valence-electron chi connectivity index (χ2n) is 5.21. The second kappa shape index (κ2) is 5.05. The summed E-state index contributed by atoms with van der Waals surface area (Å²) in [6.07, 6.45) is 0.168. The van der Waals surface area contributed by atoms with Crippen LogP contribution in [0, 0.1) is 6.92 Å². The summed E-state index contributed by atoms with van der Waals surface area (Å²) in [6, 6.07) is 2.55. The number of halogens is 3. The van der Waals surface area contributed by atoms with Crippen molar-refractivity contribution in [3.63, 3.8) is 0 Å². The van der Waals surface area contributed by atoms with Gasteiger partial charge in [-0.2, -0.15) is 13.2 Å². The molecule has 0 bridgehead atoms. The van der Waals surface area contributed by atoms with Gasteiger partial charge in [0.1, 0.15) is 11.6 Å². The summed E-state index contributed by atoms with van der Waals surface area (Å²) >= 11 is 0. The fourth-order valence-corrected chi connectivity index (χ4v) is 2.65. The van der Waals surface area contributed by atoms with Crippen molar-refractivity contribution in [3.8, 4) is 0 Å². The molecule has 1 N–H and O–H groups in total. The number of anilines is 1. The summed E-state index contributed by atoms with van der Waals surface area (Å²) in [5.74, 6) is 1.39. The molecule has 0 spiro atoms. The van der Waals surface area contributed by atoms with Crippen LogP contribution in [0.25, 0.3) is 0 Å². The zero-order valence-corrected chi connectivity index (χ0v) is 11.5. The predicted octanol–water partition coefficient (Wildman–Crippen LogP) is 3.47. The number of aromatic amines is 1. The number of H-pyrrole nitrogens is 1. The van der Waals surface area contributed by atoms with Crippen molar-refractivity contribution in [2.75, 3.05) is 11.4 Å². The number of imidazole rings is 1. The first-order valence-corrected chi connectivity index (χ1v) is 6.76. The highest BCUT2D eigenvalue weighted by Crippen LogP contribution is 2.35. The minimum Gasteiger partial charge on any atom is -0.346 e. The van der Waals surface area contributed by atoms with Gasteiger partial charge < -0.3 is 9.88 Å². The van der Waals surface area contributed by atoms with E-state index in [9.17, 15) is 13.2 Å². The molecule has 1 aliphatic rings. The molecular formula is C14H15F3N4. The molecule has 1 aliphatic heterocycles. The Bertz CT molecular complexity index is 618. The Morgan fingerprint density at radius 2 is 2.05 bits per heavy atom. The summed E-state index contributed by atoms with van der Waals surface area (Å²) < 4.78 is 37.7. The lowest BCUT2D eigenvalue weighted by molar-refractivity contribution is -0.137. The van der Waals surface area contributed by atoms with Crippen LogP contribution in [-0.4, -0.2) is 21.5 Å². The number of pyridine rings is 1. The Balaban J connectivity index is 1.85. The van der Waals surface area contributed by atoms with Crippen LogP contribution in [0.5, 0.6) is 0 Å². The third kappa shape index (κ3) is 2.72. The van der Waals surface area contributed by atoms with Crippen LogP contribution >= 0.6 is 0 Å². The van der Waals surface area contributed by atoms with Gasteiger partial charge in [0.2, 0.25) is 0 Å². The summed E-state index contributed by atoms with van der Waals surface area (Å²) in [5.41, 5.74) is 0.244. The van der Waals surface area contributed by atoms with E-state index in [0.29, 0.717) is 5.82 Å². The Morgan fingerprint density at radius 3 is 2.62 bits per heavy atom. The van der Waals surface area contributed by atoms with Crippen LogP contribution in [-0.2, 0) is 6.18 Å². The van der Waals surface area contributed by atoms with Gasteiger partial charge in [-0.3, -0.25) is 0 Å². The lowest BCUT2D eigenvalue weighted by Gasteiger charge is -2.24. The maximum Gasteiger partial charge on any atom is 0.417 e. The van der Waals surface area contributed by atoms with Gasteiger partial charge in [-0.15, -0.1) is 0 Å². The van der Waals surface area contributed by atoms with Gasteiger partial charge in [-0.25, -0.2) is 9.97 Å². The first-order chi connectivity index (χ1) is 9.95. The summed E-state index contributed by atoms with van der Waals surface area (Å²) in [7, 11) is 0. The van der Waals surface area contributed by atoms with E-state index >= 15 is 0 Å². The number of aryl methyl sites for hydroxylation is 1. The van der Waals surface area contributed by atoms with Crippen LogP contribution in [0.3, 0.4) is 0 Å². The van der Waals surface area contributed by atoms with Gasteiger partial charge in [0.15, 0.2) is 0 Å². The topological polar surface area (TPSA) is 44.8 Å². The molecule has 0 aromatic carbocycles. The molecule has 3 heterocycles. The van der Waals surface area contributed by atoms with Crippen LogP contribution in [0.15, 0.2) is 24.5 Å². The largest absolute Gasteiger partial charge is 0.417 e. The third-order valence-electron chi connectivity index (χ3n) is 3.66. The molecule has 1 atom stereocenters. The zero-order valence-electron chi connectivity index (χ0n) is 11.5. The Kier molecular flexibility index (Phi) is 3.35. The average Bonchev–Trinajstić information content (AvgIpc) is 3.06. The molecule has 7 heteroatoms. The molecule has 2 aromatic heterocycles. The van der Waals surface area contributed by atoms with Gasteiger partial charge >= 0.3 is 6.18 Å². The fourth-order valence-electron chi connectivity index (χ4n) is 2.65. The summed E-state index contributed by atoms with van der Waals surface area (Å²) in [5, 5.41) is 0. The van der Waals surface area contributed by atoms with Gasteiger partial charge in [-0.05, 0) is 31.9 Å². The highest BCUT2D eigenvalue weighted by molar-refractivity contribution is 5.43. The molecule has 0 saturated carbocycles. The van der Waals surface area contributed by atoms with E-state index in [1.807, 2.05) is 11.8 Å². The highest BCUT2D eigenvalue weighted by Gasteiger charge is 2.32. The summed E-state index contributed by atoms with van der Waals surface area (Å²) in [4.78, 5) is 13.5. The Morgan fingerprint density at radius 1 is 1.24 bits per heavy atom. The lowest BCUT2D eigenvalue weighted by Crippen LogP contribution is -2.24. The molecule has 1 fully saturated rings. The van der Waals surface area contributed by atoms with E-state index < -0.39 is 11.7 Å². The van der Waals surface area contributed by atoms with Crippen LogP contribution in [0.4, 0.5) is 19.0 Å². The number of hydrogen-bond donors (Lipinski definition) is 1. The van der Waals surface area contributed by atoms with Crippen molar-refractivity contribution in [3.05, 3.63) is 41.6 Å². The molecule has 2 aromatic rings. The maximum atomic E-state index is 12.6. The molecule has 112 valence electrons. The monoisotopic (exact) mass is 296 g/mol. The number of aromatic nitrogens is 3. The van der Waals surface area contributed by atoms with E-state index in [-0.39, 0.29) is 6.04 Å². The van der Waals surface area contributed by atoms with Crippen molar-refractivity contribution < 1.29 is 13.2 Å². The van der Waals surface area contributed by atoms with Crippen LogP contribution in [0.1, 0.15) is 36.0 Å². The highest BCUT2D eigenvalue weighted by atomic mass is 19.4. The van der Waals surface area contributed by atoms with Gasteiger partial charge in [0.25, 0.3) is 0 Å². The van der Waals surface area contributed by atoms with Crippen molar-refractivity contribution in [2.24, 2.45) is 0 Å². The standard InChI is InChI=1S/C14H15F3N4/c1-9-7-19-13(20-9)11-3-2-6-21(11)12-5-4-10(8-18-12)14(15,16)17/h4-5,7-8,11H,2-3,6H2,1H3,(H,19,20)/t11-/m0/s1. The zero-order chi connectivity index (χ0) is 15.0. The van der Waals surface area contributed by atoms with Crippen LogP contribution < -0.4 is 4.90 Å². The predicted molar refractivity (Wildman–Crippen MR) is 71.9 cm³/mol. The molecule has 0 unspecified atom stereocenters. The molecule has 0 aliphatic carbocycles. The van der Waals surface area contributed by atoms with Gasteiger partial charge in [-0.1, -0.05) is 0 Å². The smallest absolute Gasteiger partial charge is 0.346 e. The fraction of sp³-hybridized carbons (Fsp3) is 0.429. The normalized spacial score (nSPS) is 19.2. The molecule has 0 radical (unpaired) electrons. The number of rotatable bonds is 2. The van der Waals surface area contributed by atoms with E-state index in [1.54, 1.807) is 6.20 Å². The van der Waals surface area contributed by atoms with Gasteiger partial charge in [0, 0.05) is 24.6 Å². The minimum absolute atomic E-state index is 0.0444. The van der Waals surface area contributed by atoms with Gasteiger partial charge in [0.05, 0.1) is 11.6 Å². The maximum absolute atomic E-state index is 12.6. The first-order valence-electron chi connectivity index (χ1n) is 6.76. The quantitative estimate of drug-likeness (QED) is 0.923. The van der Waals surface area contributed by atoms with Crippen molar-refractivity contribution in [2.45, 2.75) is 32.0 Å². The second-order valence-corrected chi connectivity index (χ2v) is 5.21. The summed E-state index contributed by atoms with van der Waals surface area (Å²) in [6.45, 7) is 2.69. The van der Waals surface area contributed by atoms with Crippen molar-refractivity contribution in [1.29, 1.82) is 0 Å². The lowest BCUT2D eigenvalue weighted by atomic mass is 10.2. The molecule has 1 saturated heterocycles. The van der Waals surface area contributed by atoms with Crippen LogP contribution in [0.2, 0.25) is 0 Å². The number of alkyl halides is 3. The Hall–Kier alpha value is -2.05. The van der Waals surface area contributed by atoms with Crippen molar-refractivity contribution >= 4 is 5.82 Å². The third-order valence-corrected chi connectivity index (χ3v) is 3.66. The number of nitrogens with one attached hydrogen (secondary N) is 1. The van der Waals surface area contributed by atoms with E-state index in [2.05, 4.69) is 15.0 Å². The molecule has 4 nitrogen and oxygen atoms in total.